The molecule has 0 bridgehead atoms. The van der Waals surface area contributed by atoms with Gasteiger partial charge in [-0.25, -0.2) is 4.79 Å². The molecule has 0 unspecified atom stereocenters. The lowest BCUT2D eigenvalue weighted by molar-refractivity contribution is -0.136. The minimum absolute atomic E-state index is 0.0712. The Kier molecular flexibility index (Phi) is 5.57. The zero-order valence-corrected chi connectivity index (χ0v) is 14.0. The Bertz CT molecular complexity index is 715. The monoisotopic (exact) mass is 382 g/mol. The third-order valence-electron chi connectivity index (χ3n) is 2.71. The highest BCUT2D eigenvalue weighted by molar-refractivity contribution is 9.10. The molecule has 6 heteroatoms. The van der Waals surface area contributed by atoms with Crippen molar-refractivity contribution in [2.24, 2.45) is 0 Å². The number of hydrogen-bond donors (Lipinski definition) is 0. The van der Waals surface area contributed by atoms with Crippen LogP contribution in [0.1, 0.15) is 17.3 Å². The third-order valence-corrected chi connectivity index (χ3v) is 3.57. The number of carbonyl (C=O) groups excluding carboxylic acids is 2. The molecule has 114 valence electrons. The van der Waals surface area contributed by atoms with E-state index in [2.05, 4.69) is 15.9 Å². The lowest BCUT2D eigenvalue weighted by atomic mass is 10.1. The number of ether oxygens (including phenoxy) is 2. The second-order valence-corrected chi connectivity index (χ2v) is 5.71. The van der Waals surface area contributed by atoms with Gasteiger partial charge in [0.1, 0.15) is 11.5 Å². The highest BCUT2D eigenvalue weighted by Crippen LogP contribution is 2.28. The van der Waals surface area contributed by atoms with Gasteiger partial charge in [0.25, 0.3) is 0 Å². The summed E-state index contributed by atoms with van der Waals surface area (Å²) in [6.07, 6.45) is 0. The summed E-state index contributed by atoms with van der Waals surface area (Å²) in [4.78, 5) is 23.1. The number of rotatable bonds is 5. The van der Waals surface area contributed by atoms with Crippen LogP contribution in [0, 0.1) is 0 Å². The van der Waals surface area contributed by atoms with Crippen molar-refractivity contribution in [1.29, 1.82) is 0 Å². The number of carbonyl (C=O) groups is 2. The number of benzene rings is 2. The Balaban J connectivity index is 1.95. The molecule has 0 spiro atoms. The lowest BCUT2D eigenvalue weighted by Crippen LogP contribution is -2.18. The molecule has 0 fully saturated rings. The summed E-state index contributed by atoms with van der Waals surface area (Å²) in [5.41, 5.74) is 0.520. The van der Waals surface area contributed by atoms with Crippen molar-refractivity contribution in [2.75, 3.05) is 6.61 Å². The van der Waals surface area contributed by atoms with Crippen LogP contribution >= 0.6 is 27.5 Å². The van der Waals surface area contributed by atoms with Gasteiger partial charge >= 0.3 is 5.97 Å². The van der Waals surface area contributed by atoms with Crippen LogP contribution in [0.25, 0.3) is 0 Å². The lowest BCUT2D eigenvalue weighted by Gasteiger charge is -2.08. The summed E-state index contributed by atoms with van der Waals surface area (Å²) in [5.74, 6) is 0.157. The van der Waals surface area contributed by atoms with Crippen LogP contribution in [-0.4, -0.2) is 18.4 Å². The molecule has 0 aliphatic heterocycles. The van der Waals surface area contributed by atoms with E-state index in [1.54, 1.807) is 42.5 Å². The molecule has 4 nitrogen and oxygen atoms in total. The topological polar surface area (TPSA) is 52.6 Å². The molecular formula is C16H12BrClO4. The number of ketones is 1. The summed E-state index contributed by atoms with van der Waals surface area (Å²) >= 11 is 9.07. The summed E-state index contributed by atoms with van der Waals surface area (Å²) in [5, 5.41) is 0.531. The van der Waals surface area contributed by atoms with E-state index in [0.717, 1.165) is 0 Å². The maximum absolute atomic E-state index is 11.8. The Morgan fingerprint density at radius 3 is 2.64 bits per heavy atom. The predicted molar refractivity (Wildman–Crippen MR) is 86.7 cm³/mol. The Morgan fingerprint density at radius 2 is 1.95 bits per heavy atom. The molecular weight excluding hydrogens is 372 g/mol. The molecule has 2 aromatic rings. The maximum Gasteiger partial charge on any atom is 0.349 e. The smallest absolute Gasteiger partial charge is 0.349 e. The van der Waals surface area contributed by atoms with E-state index < -0.39 is 5.97 Å². The Labute approximate surface area is 141 Å². The second-order valence-electron chi connectivity index (χ2n) is 4.42. The van der Waals surface area contributed by atoms with Crippen molar-refractivity contribution >= 4 is 39.3 Å². The van der Waals surface area contributed by atoms with Crippen LogP contribution in [0.5, 0.6) is 11.5 Å². The van der Waals surface area contributed by atoms with Crippen molar-refractivity contribution in [1.82, 2.24) is 0 Å². The van der Waals surface area contributed by atoms with Crippen LogP contribution in [0.4, 0.5) is 0 Å². The average molecular weight is 384 g/mol. The minimum atomic E-state index is -0.559. The molecule has 0 saturated heterocycles. The number of esters is 1. The van der Waals surface area contributed by atoms with Crippen LogP contribution in [0.2, 0.25) is 5.02 Å². The second kappa shape index (κ2) is 7.42. The molecule has 0 amide bonds. The first kappa shape index (κ1) is 16.5. The minimum Gasteiger partial charge on any atom is -0.482 e. The van der Waals surface area contributed by atoms with E-state index in [4.69, 9.17) is 21.1 Å². The normalized spacial score (nSPS) is 10.1. The van der Waals surface area contributed by atoms with E-state index in [0.29, 0.717) is 26.6 Å². The van der Waals surface area contributed by atoms with Crippen molar-refractivity contribution < 1.29 is 19.1 Å². The van der Waals surface area contributed by atoms with Crippen molar-refractivity contribution in [3.8, 4) is 11.5 Å². The first-order valence-electron chi connectivity index (χ1n) is 6.35. The molecule has 2 rings (SSSR count). The quantitative estimate of drug-likeness (QED) is 0.439. The molecule has 0 atom stereocenters. The van der Waals surface area contributed by atoms with E-state index in [9.17, 15) is 9.59 Å². The SMILES string of the molecule is CC(=O)c1cccc(OCC(=O)Oc2ccc(Cl)cc2Br)c1. The van der Waals surface area contributed by atoms with Gasteiger partial charge in [0.15, 0.2) is 12.4 Å². The number of halogens is 2. The van der Waals surface area contributed by atoms with E-state index in [1.165, 1.54) is 6.92 Å². The zero-order valence-electron chi connectivity index (χ0n) is 11.6. The van der Waals surface area contributed by atoms with Gasteiger partial charge in [-0.3, -0.25) is 4.79 Å². The maximum atomic E-state index is 11.8. The third kappa shape index (κ3) is 4.58. The van der Waals surface area contributed by atoms with Gasteiger partial charge in [0.05, 0.1) is 4.47 Å². The first-order chi connectivity index (χ1) is 10.5. The fraction of sp³-hybridized carbons (Fsp3) is 0.125. The molecule has 0 radical (unpaired) electrons. The van der Waals surface area contributed by atoms with Crippen LogP contribution in [-0.2, 0) is 4.79 Å². The standard InChI is InChI=1S/C16H12BrClO4/c1-10(19)11-3-2-4-13(7-11)21-9-16(20)22-15-6-5-12(18)8-14(15)17/h2-8H,9H2,1H3. The van der Waals surface area contributed by atoms with Crippen molar-refractivity contribution in [3.63, 3.8) is 0 Å². The van der Waals surface area contributed by atoms with Crippen LogP contribution < -0.4 is 9.47 Å². The molecule has 2 aromatic carbocycles. The number of Topliss-reactive ketones (excluding diaryl/α,β-unsaturated/α-hetero) is 1. The van der Waals surface area contributed by atoms with Crippen LogP contribution in [0.15, 0.2) is 46.9 Å². The fourth-order valence-corrected chi connectivity index (χ4v) is 2.42. The first-order valence-corrected chi connectivity index (χ1v) is 7.52. The molecule has 0 aliphatic rings. The van der Waals surface area contributed by atoms with Gasteiger partial charge in [-0.2, -0.15) is 0 Å². The Hall–Kier alpha value is -1.85. The summed E-state index contributed by atoms with van der Waals surface area (Å²) in [6.45, 7) is 1.20. The van der Waals surface area contributed by atoms with E-state index in [1.807, 2.05) is 0 Å². The average Bonchev–Trinajstić information content (AvgIpc) is 2.48. The van der Waals surface area contributed by atoms with Gasteiger partial charge in [-0.05, 0) is 53.2 Å². The molecule has 0 N–H and O–H groups in total. The predicted octanol–water partition coefficient (Wildman–Crippen LogP) is 4.29. The molecule has 22 heavy (non-hydrogen) atoms. The fourth-order valence-electron chi connectivity index (χ4n) is 1.66. The van der Waals surface area contributed by atoms with E-state index >= 15 is 0 Å². The highest BCUT2D eigenvalue weighted by atomic mass is 79.9. The van der Waals surface area contributed by atoms with Gasteiger partial charge in [-0.1, -0.05) is 23.7 Å². The molecule has 0 aromatic heterocycles. The Morgan fingerprint density at radius 1 is 1.18 bits per heavy atom. The van der Waals surface area contributed by atoms with E-state index in [-0.39, 0.29) is 12.4 Å². The summed E-state index contributed by atoms with van der Waals surface area (Å²) in [6, 6.07) is 11.4. The van der Waals surface area contributed by atoms with Crippen molar-refractivity contribution in [2.45, 2.75) is 6.92 Å². The highest BCUT2D eigenvalue weighted by Gasteiger charge is 2.10. The summed E-state index contributed by atoms with van der Waals surface area (Å²) in [7, 11) is 0. The molecule has 0 saturated carbocycles. The van der Waals surface area contributed by atoms with Gasteiger partial charge in [0, 0.05) is 10.6 Å². The summed E-state index contributed by atoms with van der Waals surface area (Å²) < 4.78 is 11.1. The van der Waals surface area contributed by atoms with Gasteiger partial charge in [-0.15, -0.1) is 0 Å². The largest absolute Gasteiger partial charge is 0.482 e. The number of hydrogen-bond acceptors (Lipinski definition) is 4. The zero-order chi connectivity index (χ0) is 16.1. The van der Waals surface area contributed by atoms with Crippen molar-refractivity contribution in [3.05, 3.63) is 57.5 Å². The molecule has 0 aliphatic carbocycles. The van der Waals surface area contributed by atoms with Gasteiger partial charge < -0.3 is 9.47 Å². The molecule has 0 heterocycles. The van der Waals surface area contributed by atoms with Crippen LogP contribution in [0.3, 0.4) is 0 Å². The van der Waals surface area contributed by atoms with Gasteiger partial charge in [0.2, 0.25) is 0 Å².